The SMILES string of the molecule is O=C(CCn1[nH]c(=O)c2ccccc2c1=O)NC[C@@H]1COc2ccccc2O1. The fourth-order valence-electron chi connectivity index (χ4n) is 3.10. The number of benzene rings is 2. The summed E-state index contributed by atoms with van der Waals surface area (Å²) in [5.41, 5.74) is -0.689. The van der Waals surface area contributed by atoms with Crippen molar-refractivity contribution in [2.75, 3.05) is 13.2 Å². The highest BCUT2D eigenvalue weighted by Gasteiger charge is 2.21. The van der Waals surface area contributed by atoms with Gasteiger partial charge in [-0.05, 0) is 24.3 Å². The lowest BCUT2D eigenvalue weighted by molar-refractivity contribution is -0.121. The van der Waals surface area contributed by atoms with Gasteiger partial charge in [-0.3, -0.25) is 19.5 Å². The molecule has 0 aliphatic carbocycles. The Labute approximate surface area is 159 Å². The predicted molar refractivity (Wildman–Crippen MR) is 103 cm³/mol. The Bertz CT molecular complexity index is 1130. The van der Waals surface area contributed by atoms with Gasteiger partial charge in [0.2, 0.25) is 5.91 Å². The summed E-state index contributed by atoms with van der Waals surface area (Å²) < 4.78 is 12.6. The van der Waals surface area contributed by atoms with Crippen LogP contribution in [0.25, 0.3) is 10.8 Å². The molecule has 4 rings (SSSR count). The molecule has 0 fully saturated rings. The Balaban J connectivity index is 1.34. The molecule has 0 spiro atoms. The van der Waals surface area contributed by atoms with E-state index in [2.05, 4.69) is 10.4 Å². The highest BCUT2D eigenvalue weighted by Crippen LogP contribution is 2.30. The first-order valence-corrected chi connectivity index (χ1v) is 8.99. The number of hydrogen-bond acceptors (Lipinski definition) is 5. The predicted octanol–water partition coefficient (Wildman–Crippen LogP) is 1.04. The van der Waals surface area contributed by atoms with Crippen LogP contribution in [0.4, 0.5) is 0 Å². The molecule has 8 heteroatoms. The average Bonchev–Trinajstić information content (AvgIpc) is 2.73. The average molecular weight is 381 g/mol. The third kappa shape index (κ3) is 3.62. The first kappa shape index (κ1) is 17.8. The highest BCUT2D eigenvalue weighted by atomic mass is 16.6. The molecule has 0 radical (unpaired) electrons. The second kappa shape index (κ2) is 7.59. The second-order valence-electron chi connectivity index (χ2n) is 6.49. The van der Waals surface area contributed by atoms with Crippen LogP contribution >= 0.6 is 0 Å². The Morgan fingerprint density at radius 2 is 1.79 bits per heavy atom. The molecule has 0 bridgehead atoms. The van der Waals surface area contributed by atoms with Crippen molar-refractivity contribution in [3.8, 4) is 11.5 Å². The smallest absolute Gasteiger partial charge is 0.273 e. The van der Waals surface area contributed by atoms with Crippen molar-refractivity contribution in [1.29, 1.82) is 0 Å². The lowest BCUT2D eigenvalue weighted by Gasteiger charge is -2.26. The molecular formula is C20H19N3O5. The number of nitrogens with one attached hydrogen (secondary N) is 2. The van der Waals surface area contributed by atoms with E-state index in [1.807, 2.05) is 24.3 Å². The molecule has 1 aliphatic rings. The number of aromatic amines is 1. The van der Waals surface area contributed by atoms with Gasteiger partial charge in [0.05, 0.1) is 23.9 Å². The van der Waals surface area contributed by atoms with Gasteiger partial charge in [-0.2, -0.15) is 0 Å². The first-order chi connectivity index (χ1) is 13.6. The molecule has 0 saturated carbocycles. The van der Waals surface area contributed by atoms with Crippen molar-refractivity contribution in [3.63, 3.8) is 0 Å². The van der Waals surface area contributed by atoms with Crippen molar-refractivity contribution >= 4 is 16.7 Å². The van der Waals surface area contributed by atoms with Crippen LogP contribution < -0.4 is 25.9 Å². The number of fused-ring (bicyclic) bond motifs is 2. The van der Waals surface area contributed by atoms with Crippen LogP contribution in [0.15, 0.2) is 58.1 Å². The maximum absolute atomic E-state index is 12.4. The summed E-state index contributed by atoms with van der Waals surface area (Å²) in [4.78, 5) is 36.7. The van der Waals surface area contributed by atoms with E-state index in [1.165, 1.54) is 4.68 Å². The van der Waals surface area contributed by atoms with Gasteiger partial charge in [0.15, 0.2) is 11.5 Å². The summed E-state index contributed by atoms with van der Waals surface area (Å²) in [6, 6.07) is 13.9. The summed E-state index contributed by atoms with van der Waals surface area (Å²) in [7, 11) is 0. The molecule has 1 amide bonds. The molecule has 1 aliphatic heterocycles. The van der Waals surface area contributed by atoms with E-state index in [9.17, 15) is 14.4 Å². The molecule has 28 heavy (non-hydrogen) atoms. The molecule has 3 aromatic rings. The minimum absolute atomic E-state index is 0.0539. The number of amides is 1. The van der Waals surface area contributed by atoms with Crippen LogP contribution in [0.1, 0.15) is 6.42 Å². The summed E-state index contributed by atoms with van der Waals surface area (Å²) in [5, 5.41) is 5.96. The molecule has 0 unspecified atom stereocenters. The van der Waals surface area contributed by atoms with Gasteiger partial charge in [-0.1, -0.05) is 24.3 Å². The first-order valence-electron chi connectivity index (χ1n) is 8.99. The summed E-state index contributed by atoms with van der Waals surface area (Å²) in [5.74, 6) is 1.08. The molecule has 1 atom stereocenters. The Kier molecular flexibility index (Phi) is 4.84. The lowest BCUT2D eigenvalue weighted by atomic mass is 10.2. The monoisotopic (exact) mass is 381 g/mol. The lowest BCUT2D eigenvalue weighted by Crippen LogP contribution is -2.41. The summed E-state index contributed by atoms with van der Waals surface area (Å²) in [6.07, 6.45) is -0.236. The quantitative estimate of drug-likeness (QED) is 0.687. The second-order valence-corrected chi connectivity index (χ2v) is 6.49. The van der Waals surface area contributed by atoms with Gasteiger partial charge >= 0.3 is 0 Å². The van der Waals surface area contributed by atoms with Crippen molar-refractivity contribution < 1.29 is 14.3 Å². The van der Waals surface area contributed by atoms with Crippen LogP contribution in [-0.4, -0.2) is 34.9 Å². The minimum Gasteiger partial charge on any atom is -0.486 e. The number of carbonyl (C=O) groups excluding carboxylic acids is 1. The van der Waals surface area contributed by atoms with Crippen molar-refractivity contribution in [2.24, 2.45) is 0 Å². The molecule has 8 nitrogen and oxygen atoms in total. The maximum Gasteiger partial charge on any atom is 0.273 e. The van der Waals surface area contributed by atoms with E-state index in [4.69, 9.17) is 9.47 Å². The maximum atomic E-state index is 12.4. The zero-order valence-electron chi connectivity index (χ0n) is 15.0. The van der Waals surface area contributed by atoms with Gasteiger partial charge in [0.1, 0.15) is 12.7 Å². The van der Waals surface area contributed by atoms with Crippen LogP contribution in [0.3, 0.4) is 0 Å². The molecule has 2 N–H and O–H groups in total. The normalized spacial score (nSPS) is 15.4. The topological polar surface area (TPSA) is 102 Å². The molecule has 2 heterocycles. The van der Waals surface area contributed by atoms with Crippen molar-refractivity contribution in [1.82, 2.24) is 15.1 Å². The van der Waals surface area contributed by atoms with Gasteiger partial charge in [0, 0.05) is 6.42 Å². The summed E-state index contributed by atoms with van der Waals surface area (Å²) in [6.45, 7) is 0.709. The summed E-state index contributed by atoms with van der Waals surface area (Å²) >= 11 is 0. The van der Waals surface area contributed by atoms with Crippen LogP contribution in [0.5, 0.6) is 11.5 Å². The Morgan fingerprint density at radius 3 is 2.61 bits per heavy atom. The zero-order chi connectivity index (χ0) is 19.5. The van der Waals surface area contributed by atoms with E-state index in [0.29, 0.717) is 28.9 Å². The number of para-hydroxylation sites is 2. The van der Waals surface area contributed by atoms with E-state index >= 15 is 0 Å². The van der Waals surface area contributed by atoms with Crippen LogP contribution in [0, 0.1) is 0 Å². The number of aryl methyl sites for hydroxylation is 1. The Morgan fingerprint density at radius 1 is 1.07 bits per heavy atom. The van der Waals surface area contributed by atoms with Crippen LogP contribution in [0.2, 0.25) is 0 Å². The fraction of sp³-hybridized carbons (Fsp3) is 0.250. The van der Waals surface area contributed by atoms with Gasteiger partial charge in [-0.25, -0.2) is 4.68 Å². The zero-order valence-corrected chi connectivity index (χ0v) is 15.0. The molecule has 0 saturated heterocycles. The standard InChI is InChI=1S/C20H19N3O5/c24-18(21-11-13-12-27-16-7-3-4-8-17(16)28-13)9-10-23-20(26)15-6-2-1-5-14(15)19(25)22-23/h1-8,13H,9-12H2,(H,21,24)(H,22,25)/t13-/m1/s1. The number of ether oxygens (including phenoxy) is 2. The van der Waals surface area contributed by atoms with E-state index in [1.54, 1.807) is 24.3 Å². The highest BCUT2D eigenvalue weighted by molar-refractivity contribution is 5.80. The largest absolute Gasteiger partial charge is 0.486 e. The van der Waals surface area contributed by atoms with Crippen molar-refractivity contribution in [2.45, 2.75) is 19.1 Å². The fourth-order valence-corrected chi connectivity index (χ4v) is 3.10. The number of rotatable bonds is 5. The van der Waals surface area contributed by atoms with Gasteiger partial charge in [0.25, 0.3) is 11.1 Å². The Hall–Kier alpha value is -3.55. The van der Waals surface area contributed by atoms with E-state index in [0.717, 1.165) is 0 Å². The molecule has 2 aromatic carbocycles. The number of hydrogen-bond donors (Lipinski definition) is 2. The van der Waals surface area contributed by atoms with Gasteiger partial charge in [-0.15, -0.1) is 0 Å². The number of nitrogens with zero attached hydrogens (tertiary/aromatic N) is 1. The molecule has 1 aromatic heterocycles. The van der Waals surface area contributed by atoms with Crippen LogP contribution in [-0.2, 0) is 11.3 Å². The van der Waals surface area contributed by atoms with E-state index in [-0.39, 0.29) is 42.6 Å². The third-order valence-corrected chi connectivity index (χ3v) is 4.54. The molecular weight excluding hydrogens is 362 g/mol. The minimum atomic E-state index is -0.359. The number of aromatic nitrogens is 2. The number of carbonyl (C=O) groups is 1. The number of H-pyrrole nitrogens is 1. The third-order valence-electron chi connectivity index (χ3n) is 4.54. The van der Waals surface area contributed by atoms with Crippen molar-refractivity contribution in [3.05, 3.63) is 69.2 Å². The van der Waals surface area contributed by atoms with E-state index < -0.39 is 0 Å². The molecule has 144 valence electrons. The van der Waals surface area contributed by atoms with Gasteiger partial charge < -0.3 is 14.8 Å².